The van der Waals surface area contributed by atoms with E-state index in [0.29, 0.717) is 40.3 Å². The zero-order valence-corrected chi connectivity index (χ0v) is 21.3. The van der Waals surface area contributed by atoms with E-state index in [4.69, 9.17) is 4.74 Å². The number of fused-ring (bicyclic) bond motifs is 1. The number of aromatic nitrogens is 4. The van der Waals surface area contributed by atoms with Crippen molar-refractivity contribution in [3.8, 4) is 16.9 Å². The molecular weight excluding hydrogens is 476 g/mol. The summed E-state index contributed by atoms with van der Waals surface area (Å²) < 4.78 is 6.97. The molecule has 0 saturated carbocycles. The molecule has 192 valence electrons. The Hall–Kier alpha value is -4.58. The fraction of sp³-hybridized carbons (Fsp3) is 0.280. The molecule has 1 aromatic carbocycles. The summed E-state index contributed by atoms with van der Waals surface area (Å²) >= 11 is 0. The second kappa shape index (κ2) is 10.6. The summed E-state index contributed by atoms with van der Waals surface area (Å²) in [5.74, 6) is 0.559. The highest BCUT2D eigenvalue weighted by molar-refractivity contribution is 5.82. The number of anilines is 3. The van der Waals surface area contributed by atoms with Crippen molar-refractivity contribution < 1.29 is 9.66 Å². The average Bonchev–Trinajstić information content (AvgIpc) is 2.89. The first-order valence-electron chi connectivity index (χ1n) is 11.5. The lowest BCUT2D eigenvalue weighted by molar-refractivity contribution is -0.384. The first kappa shape index (κ1) is 25.5. The summed E-state index contributed by atoms with van der Waals surface area (Å²) in [5, 5.41) is 15.6. The van der Waals surface area contributed by atoms with Gasteiger partial charge in [-0.15, -0.1) is 0 Å². The van der Waals surface area contributed by atoms with Crippen molar-refractivity contribution in [2.45, 2.75) is 0 Å². The molecule has 37 heavy (non-hydrogen) atoms. The van der Waals surface area contributed by atoms with E-state index in [9.17, 15) is 14.9 Å². The normalized spacial score (nSPS) is 11.1. The van der Waals surface area contributed by atoms with Gasteiger partial charge in [0.25, 0.3) is 11.2 Å². The highest BCUT2D eigenvalue weighted by Crippen LogP contribution is 2.39. The summed E-state index contributed by atoms with van der Waals surface area (Å²) in [6, 6.07) is 8.29. The Labute approximate surface area is 213 Å². The molecule has 4 aromatic rings. The van der Waals surface area contributed by atoms with E-state index in [0.717, 1.165) is 12.1 Å². The van der Waals surface area contributed by atoms with Gasteiger partial charge >= 0.3 is 0 Å². The minimum atomic E-state index is -0.433. The zero-order valence-electron chi connectivity index (χ0n) is 21.3. The number of nitrogens with one attached hydrogen (secondary N) is 1. The quantitative estimate of drug-likeness (QED) is 0.268. The Morgan fingerprint density at radius 1 is 1.14 bits per heavy atom. The predicted molar refractivity (Wildman–Crippen MR) is 143 cm³/mol. The van der Waals surface area contributed by atoms with Gasteiger partial charge in [0.1, 0.15) is 17.1 Å². The van der Waals surface area contributed by atoms with E-state index in [-0.39, 0.29) is 17.2 Å². The standard InChI is InChI=1S/C25H28N8O4/c1-30(2)10-11-31(3)20-14-22(37-5)19(13-21(20)33(35)36)28-25-27-15-17-12-18(16-6-8-26-9-7-16)24(34)32(4)23(17)29-25/h6-9,12-15H,10-11H2,1-5H3,(H,27,28,29). The number of nitro benzene ring substituents is 1. The van der Waals surface area contributed by atoms with Gasteiger partial charge in [-0.3, -0.25) is 24.5 Å². The second-order valence-electron chi connectivity index (χ2n) is 8.78. The van der Waals surface area contributed by atoms with Crippen LogP contribution >= 0.6 is 0 Å². The van der Waals surface area contributed by atoms with E-state index in [1.807, 2.05) is 23.9 Å². The van der Waals surface area contributed by atoms with E-state index in [1.54, 1.807) is 57.0 Å². The van der Waals surface area contributed by atoms with Crippen molar-refractivity contribution in [1.82, 2.24) is 24.4 Å². The molecule has 0 aliphatic rings. The lowest BCUT2D eigenvalue weighted by atomic mass is 10.1. The number of benzene rings is 1. The molecule has 0 unspecified atom stereocenters. The molecule has 3 heterocycles. The van der Waals surface area contributed by atoms with Gasteiger partial charge in [-0.2, -0.15) is 4.98 Å². The first-order valence-corrected chi connectivity index (χ1v) is 11.5. The number of nitro groups is 1. The average molecular weight is 505 g/mol. The molecule has 4 rings (SSSR count). The van der Waals surface area contributed by atoms with Gasteiger partial charge in [0, 0.05) is 68.9 Å². The molecule has 12 heteroatoms. The maximum atomic E-state index is 13.0. The molecule has 0 spiro atoms. The van der Waals surface area contributed by atoms with Gasteiger partial charge in [-0.25, -0.2) is 4.98 Å². The third-order valence-corrected chi connectivity index (χ3v) is 5.97. The van der Waals surface area contributed by atoms with Crippen LogP contribution in [0.25, 0.3) is 22.2 Å². The Balaban J connectivity index is 1.73. The first-order chi connectivity index (χ1) is 17.7. The van der Waals surface area contributed by atoms with E-state index in [2.05, 4.69) is 20.3 Å². The van der Waals surface area contributed by atoms with Crippen molar-refractivity contribution in [1.29, 1.82) is 0 Å². The van der Waals surface area contributed by atoms with Crippen LogP contribution in [0.4, 0.5) is 23.0 Å². The SMILES string of the molecule is COc1cc(N(C)CCN(C)C)c([N+](=O)[O-])cc1Nc1ncc2cc(-c3ccncc3)c(=O)n(C)c2n1. The van der Waals surface area contributed by atoms with Crippen LogP contribution in [0.1, 0.15) is 0 Å². The molecule has 0 fully saturated rings. The summed E-state index contributed by atoms with van der Waals surface area (Å²) in [6.07, 6.45) is 4.85. The number of rotatable bonds is 9. The van der Waals surface area contributed by atoms with Gasteiger partial charge in [0.05, 0.1) is 17.7 Å². The Morgan fingerprint density at radius 3 is 2.51 bits per heavy atom. The molecular formula is C25H28N8O4. The molecule has 0 amide bonds. The molecule has 0 aliphatic heterocycles. The maximum absolute atomic E-state index is 13.0. The van der Waals surface area contributed by atoms with Gasteiger partial charge < -0.3 is 19.9 Å². The Bertz CT molecular complexity index is 1500. The molecule has 12 nitrogen and oxygen atoms in total. The lowest BCUT2D eigenvalue weighted by Crippen LogP contribution is -2.29. The summed E-state index contributed by atoms with van der Waals surface area (Å²) in [5.41, 5.74) is 2.12. The smallest absolute Gasteiger partial charge is 0.294 e. The van der Waals surface area contributed by atoms with Gasteiger partial charge in [-0.1, -0.05) is 0 Å². The van der Waals surface area contributed by atoms with Gasteiger partial charge in [0.15, 0.2) is 0 Å². The third kappa shape index (κ3) is 5.33. The highest BCUT2D eigenvalue weighted by Gasteiger charge is 2.22. The van der Waals surface area contributed by atoms with E-state index in [1.165, 1.54) is 17.7 Å². The number of methoxy groups -OCH3 is 1. The minimum absolute atomic E-state index is 0.0836. The maximum Gasteiger partial charge on any atom is 0.294 e. The van der Waals surface area contributed by atoms with Crippen molar-refractivity contribution in [2.24, 2.45) is 7.05 Å². The van der Waals surface area contributed by atoms with Gasteiger partial charge in [-0.05, 0) is 37.9 Å². The highest BCUT2D eigenvalue weighted by atomic mass is 16.6. The lowest BCUT2D eigenvalue weighted by Gasteiger charge is -2.22. The molecule has 0 bridgehead atoms. The molecule has 0 saturated heterocycles. The van der Waals surface area contributed by atoms with Crippen LogP contribution in [0.5, 0.6) is 5.75 Å². The molecule has 1 N–H and O–H groups in total. The van der Waals surface area contributed by atoms with Crippen molar-refractivity contribution >= 4 is 34.0 Å². The Morgan fingerprint density at radius 2 is 1.86 bits per heavy atom. The second-order valence-corrected chi connectivity index (χ2v) is 8.78. The predicted octanol–water partition coefficient (Wildman–Crippen LogP) is 3.05. The third-order valence-electron chi connectivity index (χ3n) is 5.97. The summed E-state index contributed by atoms with van der Waals surface area (Å²) in [4.78, 5) is 41.2. The van der Waals surface area contributed by atoms with Crippen LogP contribution in [-0.4, -0.2) is 70.7 Å². The number of hydrogen-bond acceptors (Lipinski definition) is 10. The van der Waals surface area contributed by atoms with Crippen LogP contribution in [0.15, 0.2) is 53.7 Å². The number of nitrogens with zero attached hydrogens (tertiary/aromatic N) is 7. The largest absolute Gasteiger partial charge is 0.494 e. The van der Waals surface area contributed by atoms with Crippen LogP contribution in [0, 0.1) is 10.1 Å². The van der Waals surface area contributed by atoms with Crippen LogP contribution in [-0.2, 0) is 7.05 Å². The van der Waals surface area contributed by atoms with Crippen molar-refractivity contribution in [3.05, 3.63) is 69.4 Å². The van der Waals surface area contributed by atoms with Gasteiger partial charge in [0.2, 0.25) is 5.95 Å². The molecule has 0 radical (unpaired) electrons. The molecule has 3 aromatic heterocycles. The number of ether oxygens (including phenoxy) is 1. The number of likely N-dealkylation sites (N-methyl/N-ethyl adjacent to an activating group) is 2. The topological polar surface area (TPSA) is 132 Å². The number of aryl methyl sites for hydroxylation is 1. The monoisotopic (exact) mass is 504 g/mol. The molecule has 0 atom stereocenters. The fourth-order valence-corrected chi connectivity index (χ4v) is 3.91. The van der Waals surface area contributed by atoms with E-state index >= 15 is 0 Å². The summed E-state index contributed by atoms with van der Waals surface area (Å²) in [7, 11) is 8.80. The van der Waals surface area contributed by atoms with Crippen molar-refractivity contribution in [2.75, 3.05) is 51.6 Å². The number of pyridine rings is 2. The minimum Gasteiger partial charge on any atom is -0.494 e. The summed E-state index contributed by atoms with van der Waals surface area (Å²) in [6.45, 7) is 1.32. The van der Waals surface area contributed by atoms with E-state index < -0.39 is 4.92 Å². The zero-order chi connectivity index (χ0) is 26.7. The molecule has 0 aliphatic carbocycles. The van der Waals surface area contributed by atoms with Crippen molar-refractivity contribution in [3.63, 3.8) is 0 Å². The van der Waals surface area contributed by atoms with Crippen LogP contribution < -0.4 is 20.5 Å². The Kier molecular flexibility index (Phi) is 7.30. The van der Waals surface area contributed by atoms with Crippen LogP contribution in [0.2, 0.25) is 0 Å². The number of hydrogen-bond donors (Lipinski definition) is 1. The van der Waals surface area contributed by atoms with Crippen LogP contribution in [0.3, 0.4) is 0 Å². The fourth-order valence-electron chi connectivity index (χ4n) is 3.91.